The first kappa shape index (κ1) is 15.0. The second-order valence-corrected chi connectivity index (χ2v) is 4.52. The number of ether oxygens (including phenoxy) is 1. The van der Waals surface area contributed by atoms with Gasteiger partial charge >= 0.3 is 0 Å². The van der Waals surface area contributed by atoms with Crippen molar-refractivity contribution in [1.29, 1.82) is 0 Å². The van der Waals surface area contributed by atoms with Crippen LogP contribution in [0.2, 0.25) is 0 Å². The highest BCUT2D eigenvalue weighted by Gasteiger charge is 2.06. The third-order valence-electron chi connectivity index (χ3n) is 2.87. The number of aromatic nitrogens is 2. The molecule has 0 fully saturated rings. The fourth-order valence-electron chi connectivity index (χ4n) is 1.78. The molecule has 0 aliphatic rings. The van der Waals surface area contributed by atoms with Crippen molar-refractivity contribution in [3.05, 3.63) is 41.8 Å². The molecule has 5 nitrogen and oxygen atoms in total. The average molecular weight is 290 g/mol. The lowest BCUT2D eigenvalue weighted by molar-refractivity contribution is 0.414. The molecule has 1 aromatic heterocycles. The Kier molecular flexibility index (Phi) is 5.31. The molecule has 0 bridgehead atoms. The van der Waals surface area contributed by atoms with E-state index in [1.807, 2.05) is 31.2 Å². The molecular weight excluding hydrogens is 271 g/mol. The molecule has 0 aliphatic carbocycles. The minimum atomic E-state index is -0.472. The second-order valence-electron chi connectivity index (χ2n) is 4.52. The largest absolute Gasteiger partial charge is 0.497 e. The minimum Gasteiger partial charge on any atom is -0.497 e. The second kappa shape index (κ2) is 7.42. The zero-order valence-corrected chi connectivity index (χ0v) is 12.2. The van der Waals surface area contributed by atoms with Gasteiger partial charge in [0, 0.05) is 13.1 Å². The normalized spacial score (nSPS) is 10.2. The summed E-state index contributed by atoms with van der Waals surface area (Å²) in [6.45, 7) is 3.25. The molecule has 0 amide bonds. The lowest BCUT2D eigenvalue weighted by atomic mass is 10.2. The molecule has 1 aromatic carbocycles. The van der Waals surface area contributed by atoms with Crippen molar-refractivity contribution in [2.45, 2.75) is 19.9 Å². The van der Waals surface area contributed by atoms with Crippen molar-refractivity contribution in [1.82, 2.24) is 9.97 Å². The molecule has 0 unspecified atom stereocenters. The zero-order chi connectivity index (χ0) is 15.1. The summed E-state index contributed by atoms with van der Waals surface area (Å²) >= 11 is 0. The Labute approximate surface area is 123 Å². The van der Waals surface area contributed by atoms with Crippen LogP contribution in [0.15, 0.2) is 30.5 Å². The van der Waals surface area contributed by atoms with Crippen molar-refractivity contribution in [3.63, 3.8) is 0 Å². The van der Waals surface area contributed by atoms with Gasteiger partial charge in [0.25, 0.3) is 0 Å². The van der Waals surface area contributed by atoms with Crippen LogP contribution in [0.25, 0.3) is 0 Å². The van der Waals surface area contributed by atoms with Crippen molar-refractivity contribution < 1.29 is 9.13 Å². The van der Waals surface area contributed by atoms with Crippen molar-refractivity contribution in [2.75, 3.05) is 24.3 Å². The molecule has 112 valence electrons. The van der Waals surface area contributed by atoms with Gasteiger partial charge in [-0.15, -0.1) is 0 Å². The van der Waals surface area contributed by atoms with Gasteiger partial charge in [0.05, 0.1) is 13.3 Å². The van der Waals surface area contributed by atoms with Gasteiger partial charge in [-0.05, 0) is 24.1 Å². The number of nitrogens with one attached hydrogen (secondary N) is 2. The molecule has 21 heavy (non-hydrogen) atoms. The third-order valence-corrected chi connectivity index (χ3v) is 2.87. The summed E-state index contributed by atoms with van der Waals surface area (Å²) in [6.07, 6.45) is 2.12. The van der Waals surface area contributed by atoms with Crippen molar-refractivity contribution >= 4 is 11.8 Å². The van der Waals surface area contributed by atoms with E-state index in [9.17, 15) is 4.39 Å². The number of rotatable bonds is 7. The quantitative estimate of drug-likeness (QED) is 0.820. The Morgan fingerprint density at radius 2 is 2.14 bits per heavy atom. The van der Waals surface area contributed by atoms with E-state index in [4.69, 9.17) is 4.74 Å². The Balaban J connectivity index is 2.04. The SMILES string of the molecule is CCCNc1ncc(F)c(NCc2cccc(OC)c2)n1. The Hall–Kier alpha value is -2.37. The van der Waals surface area contributed by atoms with E-state index >= 15 is 0 Å². The Morgan fingerprint density at radius 1 is 1.29 bits per heavy atom. The zero-order valence-electron chi connectivity index (χ0n) is 12.2. The lowest BCUT2D eigenvalue weighted by Gasteiger charge is -2.09. The molecule has 1 heterocycles. The molecule has 6 heteroatoms. The molecule has 0 saturated heterocycles. The van der Waals surface area contributed by atoms with E-state index in [1.54, 1.807) is 7.11 Å². The number of benzene rings is 1. The topological polar surface area (TPSA) is 59.1 Å². The Bertz CT molecular complexity index is 592. The van der Waals surface area contributed by atoms with Gasteiger partial charge in [-0.25, -0.2) is 9.37 Å². The summed E-state index contributed by atoms with van der Waals surface area (Å²) in [5.74, 6) is 0.903. The van der Waals surface area contributed by atoms with Crippen molar-refractivity contribution in [2.24, 2.45) is 0 Å². The lowest BCUT2D eigenvalue weighted by Crippen LogP contribution is -2.09. The van der Waals surface area contributed by atoms with Gasteiger partial charge in [0.15, 0.2) is 11.6 Å². The van der Waals surface area contributed by atoms with Gasteiger partial charge < -0.3 is 15.4 Å². The van der Waals surface area contributed by atoms with Crippen LogP contribution in [0.4, 0.5) is 16.2 Å². The van der Waals surface area contributed by atoms with Crippen LogP contribution in [-0.4, -0.2) is 23.6 Å². The van der Waals surface area contributed by atoms with Crippen LogP contribution in [0, 0.1) is 5.82 Å². The van der Waals surface area contributed by atoms with E-state index < -0.39 is 5.82 Å². The monoisotopic (exact) mass is 290 g/mol. The molecular formula is C15H19FN4O. The minimum absolute atomic E-state index is 0.187. The van der Waals surface area contributed by atoms with Gasteiger partial charge in [0.1, 0.15) is 5.75 Å². The van der Waals surface area contributed by atoms with E-state index in [2.05, 4.69) is 20.6 Å². The molecule has 0 aliphatic heterocycles. The van der Waals surface area contributed by atoms with E-state index in [-0.39, 0.29) is 5.82 Å². The summed E-state index contributed by atoms with van der Waals surface area (Å²) in [6, 6.07) is 7.58. The first-order valence-corrected chi connectivity index (χ1v) is 6.86. The summed E-state index contributed by atoms with van der Waals surface area (Å²) in [5, 5.41) is 6.01. The van der Waals surface area contributed by atoms with Gasteiger partial charge in [-0.3, -0.25) is 0 Å². The highest BCUT2D eigenvalue weighted by Crippen LogP contribution is 2.16. The number of anilines is 2. The van der Waals surface area contributed by atoms with Crippen LogP contribution in [0.3, 0.4) is 0 Å². The first-order chi connectivity index (χ1) is 10.2. The highest BCUT2D eigenvalue weighted by atomic mass is 19.1. The fraction of sp³-hybridized carbons (Fsp3) is 0.333. The van der Waals surface area contributed by atoms with Crippen LogP contribution >= 0.6 is 0 Å². The first-order valence-electron chi connectivity index (χ1n) is 6.86. The fourth-order valence-corrected chi connectivity index (χ4v) is 1.78. The molecule has 0 atom stereocenters. The molecule has 2 rings (SSSR count). The molecule has 0 saturated carbocycles. The number of hydrogen-bond donors (Lipinski definition) is 2. The molecule has 0 spiro atoms. The number of hydrogen-bond acceptors (Lipinski definition) is 5. The van der Waals surface area contributed by atoms with Gasteiger partial charge in [0.2, 0.25) is 5.95 Å². The number of nitrogens with zero attached hydrogens (tertiary/aromatic N) is 2. The predicted molar refractivity (Wildman–Crippen MR) is 81.1 cm³/mol. The maximum absolute atomic E-state index is 13.7. The van der Waals surface area contributed by atoms with Crippen LogP contribution in [0.5, 0.6) is 5.75 Å². The number of methoxy groups -OCH3 is 1. The average Bonchev–Trinajstić information content (AvgIpc) is 2.53. The maximum Gasteiger partial charge on any atom is 0.224 e. The smallest absolute Gasteiger partial charge is 0.224 e. The van der Waals surface area contributed by atoms with E-state index in [0.717, 1.165) is 24.3 Å². The van der Waals surface area contributed by atoms with E-state index in [1.165, 1.54) is 6.20 Å². The van der Waals surface area contributed by atoms with Gasteiger partial charge in [-0.1, -0.05) is 19.1 Å². The van der Waals surface area contributed by atoms with E-state index in [0.29, 0.717) is 12.5 Å². The third kappa shape index (κ3) is 4.30. The molecule has 0 radical (unpaired) electrons. The van der Waals surface area contributed by atoms with Crippen LogP contribution in [0.1, 0.15) is 18.9 Å². The van der Waals surface area contributed by atoms with Crippen LogP contribution in [-0.2, 0) is 6.54 Å². The summed E-state index contributed by atoms with van der Waals surface area (Å²) < 4.78 is 18.9. The number of halogens is 1. The predicted octanol–water partition coefficient (Wildman–Crippen LogP) is 3.06. The summed E-state index contributed by atoms with van der Waals surface area (Å²) in [4.78, 5) is 8.03. The van der Waals surface area contributed by atoms with Gasteiger partial charge in [-0.2, -0.15) is 4.98 Å². The summed E-state index contributed by atoms with van der Waals surface area (Å²) in [5.41, 5.74) is 0.982. The van der Waals surface area contributed by atoms with Crippen molar-refractivity contribution in [3.8, 4) is 5.75 Å². The molecule has 2 aromatic rings. The standard InChI is InChI=1S/C15H19FN4O/c1-3-7-17-15-19-10-13(16)14(20-15)18-9-11-5-4-6-12(8-11)21-2/h4-6,8,10H,3,7,9H2,1-2H3,(H2,17,18,19,20). The highest BCUT2D eigenvalue weighted by molar-refractivity contribution is 5.42. The van der Waals surface area contributed by atoms with Crippen LogP contribution < -0.4 is 15.4 Å². The Morgan fingerprint density at radius 3 is 2.90 bits per heavy atom. The maximum atomic E-state index is 13.7. The summed E-state index contributed by atoms with van der Waals surface area (Å²) in [7, 11) is 1.61. The molecule has 2 N–H and O–H groups in total.